The van der Waals surface area contributed by atoms with Crippen molar-refractivity contribution in [2.45, 2.75) is 6.92 Å². The van der Waals surface area contributed by atoms with Crippen LogP contribution in [0.3, 0.4) is 0 Å². The minimum absolute atomic E-state index is 0.101. The Labute approximate surface area is 137 Å². The van der Waals surface area contributed by atoms with Gasteiger partial charge in [0.1, 0.15) is 17.3 Å². The lowest BCUT2D eigenvalue weighted by atomic mass is 10.1. The Morgan fingerprint density at radius 2 is 2.00 bits per heavy atom. The number of ketones is 1. The zero-order valence-electron chi connectivity index (χ0n) is 12.8. The maximum atomic E-state index is 11.9. The Morgan fingerprint density at radius 1 is 1.17 bits per heavy atom. The Bertz CT molecular complexity index is 888. The van der Waals surface area contributed by atoms with Crippen molar-refractivity contribution >= 4 is 17.5 Å². The maximum Gasteiger partial charge on any atom is 0.221 e. The van der Waals surface area contributed by atoms with Gasteiger partial charge in [0, 0.05) is 5.56 Å². The third-order valence-electron chi connectivity index (χ3n) is 3.36. The molecule has 0 aliphatic heterocycles. The summed E-state index contributed by atoms with van der Waals surface area (Å²) >= 11 is 0. The number of rotatable bonds is 5. The molecule has 3 rings (SSSR count). The number of allylic oxidation sites excluding steroid dienone is 1. The second-order valence-corrected chi connectivity index (χ2v) is 5.13. The highest BCUT2D eigenvalue weighted by Gasteiger charge is 2.08. The van der Waals surface area contributed by atoms with Gasteiger partial charge in [0.25, 0.3) is 0 Å². The molecule has 1 N–H and O–H groups in total. The smallest absolute Gasteiger partial charge is 0.221 e. The minimum atomic E-state index is -0.259. The zero-order valence-corrected chi connectivity index (χ0v) is 12.8. The molecule has 1 aromatic carbocycles. The lowest BCUT2D eigenvalue weighted by Gasteiger charge is -2.21. The fourth-order valence-corrected chi connectivity index (χ4v) is 2.18. The summed E-state index contributed by atoms with van der Waals surface area (Å²) in [5.74, 6) is 1.67. The number of hydrogen-bond donors (Lipinski definition) is 1. The normalized spacial score (nSPS) is 11.1. The molecule has 0 saturated carbocycles. The second-order valence-electron chi connectivity index (χ2n) is 5.13. The van der Waals surface area contributed by atoms with E-state index in [1.54, 1.807) is 49.4 Å². The molecule has 0 atom stereocenters. The molecule has 6 heteroatoms. The van der Waals surface area contributed by atoms with Crippen molar-refractivity contribution in [2.75, 3.05) is 5.23 Å². The average Bonchev–Trinajstić information content (AvgIpc) is 3.22. The quantitative estimate of drug-likeness (QED) is 0.424. The van der Waals surface area contributed by atoms with Crippen molar-refractivity contribution in [1.82, 2.24) is 0 Å². The summed E-state index contributed by atoms with van der Waals surface area (Å²) in [4.78, 5) is 11.9. The number of aryl methyl sites for hydroxylation is 1. The number of carbonyl (C=O) groups excluding carboxylic acids is 1. The van der Waals surface area contributed by atoms with Crippen LogP contribution in [-0.2, 0) is 0 Å². The second kappa shape index (κ2) is 6.57. The van der Waals surface area contributed by atoms with Crippen LogP contribution in [0.4, 0.5) is 5.69 Å². The number of carbonyl (C=O) groups is 1. The van der Waals surface area contributed by atoms with Crippen LogP contribution in [0.2, 0.25) is 0 Å². The van der Waals surface area contributed by atoms with Crippen molar-refractivity contribution < 1.29 is 18.8 Å². The number of anilines is 1. The third-order valence-corrected chi connectivity index (χ3v) is 3.36. The Hall–Kier alpha value is -3.09. The van der Waals surface area contributed by atoms with Gasteiger partial charge in [-0.2, -0.15) is 0 Å². The standard InChI is InChI=1S/C18H14NO5/c1-12-5-9-18(23-12)16(20)8-6-15-7-10-17(24-15)13-3-2-4-14(11-13)19(21)22/h2-11,21H,1H3/q-1. The van der Waals surface area contributed by atoms with E-state index in [1.807, 2.05) is 0 Å². The fraction of sp³-hybridized carbons (Fsp3) is 0.0556. The summed E-state index contributed by atoms with van der Waals surface area (Å²) in [6, 6.07) is 13.1. The summed E-state index contributed by atoms with van der Waals surface area (Å²) in [7, 11) is 0. The van der Waals surface area contributed by atoms with E-state index >= 15 is 0 Å². The number of nitrogens with zero attached hydrogens (tertiary/aromatic N) is 1. The van der Waals surface area contributed by atoms with Crippen LogP contribution in [0.25, 0.3) is 17.4 Å². The van der Waals surface area contributed by atoms with Crippen LogP contribution in [0.1, 0.15) is 22.1 Å². The molecule has 0 radical (unpaired) electrons. The van der Waals surface area contributed by atoms with Gasteiger partial charge in [-0.15, -0.1) is 0 Å². The minimum Gasteiger partial charge on any atom is -0.733 e. The van der Waals surface area contributed by atoms with E-state index in [9.17, 15) is 10.0 Å². The Kier molecular flexibility index (Phi) is 4.33. The molecule has 122 valence electrons. The van der Waals surface area contributed by atoms with E-state index in [2.05, 4.69) is 0 Å². The van der Waals surface area contributed by atoms with Gasteiger partial charge in [0.2, 0.25) is 5.78 Å². The molecule has 24 heavy (non-hydrogen) atoms. The Balaban J connectivity index is 1.77. The summed E-state index contributed by atoms with van der Waals surface area (Å²) < 4.78 is 10.9. The van der Waals surface area contributed by atoms with Gasteiger partial charge in [-0.3, -0.25) is 10.0 Å². The largest absolute Gasteiger partial charge is 0.733 e. The number of furan rings is 2. The molecular formula is C18H14NO5-. The predicted octanol–water partition coefficient (Wildman–Crippen LogP) is 4.44. The number of benzene rings is 1. The molecule has 6 nitrogen and oxygen atoms in total. The van der Waals surface area contributed by atoms with Crippen LogP contribution < -0.4 is 5.23 Å². The maximum absolute atomic E-state index is 11.9. The highest BCUT2D eigenvalue weighted by atomic mass is 16.8. The van der Waals surface area contributed by atoms with Gasteiger partial charge >= 0.3 is 0 Å². The Morgan fingerprint density at radius 3 is 2.71 bits per heavy atom. The lowest BCUT2D eigenvalue weighted by molar-refractivity contribution is 0.102. The van der Waals surface area contributed by atoms with Crippen molar-refractivity contribution in [3.63, 3.8) is 0 Å². The summed E-state index contributed by atoms with van der Waals surface area (Å²) in [6.45, 7) is 1.77. The summed E-state index contributed by atoms with van der Waals surface area (Å²) in [5.41, 5.74) is 0.736. The first-order valence-corrected chi connectivity index (χ1v) is 7.18. The molecule has 0 unspecified atom stereocenters. The monoisotopic (exact) mass is 324 g/mol. The van der Waals surface area contributed by atoms with Gasteiger partial charge in [-0.25, -0.2) is 0 Å². The molecular weight excluding hydrogens is 310 g/mol. The molecule has 3 aromatic rings. The summed E-state index contributed by atoms with van der Waals surface area (Å²) in [5, 5.41) is 19.7. The SMILES string of the molecule is Cc1ccc(C(=O)C=Cc2ccc(-c3cccc(N([O-])O)c3)o2)o1. The highest BCUT2D eigenvalue weighted by Crippen LogP contribution is 2.26. The van der Waals surface area contributed by atoms with E-state index in [1.165, 1.54) is 18.2 Å². The molecule has 0 fully saturated rings. The van der Waals surface area contributed by atoms with Gasteiger partial charge in [-0.05, 0) is 55.5 Å². The van der Waals surface area contributed by atoms with Crippen molar-refractivity contribution in [3.8, 4) is 11.3 Å². The first-order chi connectivity index (χ1) is 11.5. The van der Waals surface area contributed by atoms with Crippen molar-refractivity contribution in [1.29, 1.82) is 0 Å². The highest BCUT2D eigenvalue weighted by molar-refractivity contribution is 6.04. The van der Waals surface area contributed by atoms with E-state index in [0.29, 0.717) is 22.8 Å². The average molecular weight is 324 g/mol. The molecule has 2 aromatic heterocycles. The molecule has 2 heterocycles. The molecule has 0 aliphatic rings. The fourth-order valence-electron chi connectivity index (χ4n) is 2.18. The van der Waals surface area contributed by atoms with E-state index < -0.39 is 0 Å². The zero-order chi connectivity index (χ0) is 17.1. The van der Waals surface area contributed by atoms with Crippen LogP contribution in [0.5, 0.6) is 0 Å². The van der Waals surface area contributed by atoms with Gasteiger partial charge in [0.05, 0.1) is 5.69 Å². The van der Waals surface area contributed by atoms with Gasteiger partial charge < -0.3 is 19.3 Å². The third kappa shape index (κ3) is 3.45. The van der Waals surface area contributed by atoms with Crippen molar-refractivity contribution in [2.24, 2.45) is 0 Å². The predicted molar refractivity (Wildman–Crippen MR) is 88.6 cm³/mol. The first-order valence-electron chi connectivity index (χ1n) is 7.18. The topological polar surface area (TPSA) is 89.9 Å². The van der Waals surface area contributed by atoms with Gasteiger partial charge in [-0.1, -0.05) is 12.1 Å². The van der Waals surface area contributed by atoms with Crippen LogP contribution >= 0.6 is 0 Å². The van der Waals surface area contributed by atoms with Gasteiger partial charge in [0.15, 0.2) is 5.76 Å². The van der Waals surface area contributed by atoms with Crippen LogP contribution in [0, 0.1) is 12.1 Å². The molecule has 0 amide bonds. The first kappa shape index (κ1) is 15.8. The number of hydrogen-bond acceptors (Lipinski definition) is 6. The lowest BCUT2D eigenvalue weighted by Crippen LogP contribution is -2.06. The van der Waals surface area contributed by atoms with Crippen LogP contribution in [0.15, 0.2) is 63.4 Å². The summed E-state index contributed by atoms with van der Waals surface area (Å²) in [6.07, 6.45) is 2.91. The van der Waals surface area contributed by atoms with Crippen LogP contribution in [-0.4, -0.2) is 11.0 Å². The van der Waals surface area contributed by atoms with E-state index in [4.69, 9.17) is 14.0 Å². The van der Waals surface area contributed by atoms with Crippen molar-refractivity contribution in [3.05, 3.63) is 77.1 Å². The molecule has 0 spiro atoms. The van der Waals surface area contributed by atoms with E-state index in [-0.39, 0.29) is 22.5 Å². The van der Waals surface area contributed by atoms with E-state index in [0.717, 1.165) is 0 Å². The molecule has 0 bridgehead atoms. The molecule has 0 aliphatic carbocycles. The molecule has 0 saturated heterocycles.